The molecule has 0 radical (unpaired) electrons. The standard InChI is InChI=1S/C32H29FN4O5/c33-25-12-6-11-23(16-25)26-18-37(35-34-26)28-29(39)27(19-38)42-32(30(28)40)36(17-20-7-2-1-3-8-20)31(41)24-14-13-21-9-4-5-10-22(21)15-24/h1-16,18,27-30,32,38-40H,17,19H2/t27?,28?,29-,30?,32+/m0/s1. The van der Waals surface area contributed by atoms with Crippen molar-refractivity contribution in [2.24, 2.45) is 0 Å². The molecule has 1 aliphatic rings. The van der Waals surface area contributed by atoms with Crippen LogP contribution >= 0.6 is 0 Å². The topological polar surface area (TPSA) is 121 Å². The van der Waals surface area contributed by atoms with Gasteiger partial charge in [0.05, 0.1) is 12.8 Å². The normalized spacial score (nSPS) is 22.2. The third-order valence-corrected chi connectivity index (χ3v) is 7.56. The number of ether oxygens (including phenoxy) is 1. The first kappa shape index (κ1) is 27.7. The number of carbonyl (C=O) groups excluding carboxylic acids is 1. The molecule has 1 aliphatic heterocycles. The van der Waals surface area contributed by atoms with Crippen molar-refractivity contribution in [1.29, 1.82) is 0 Å². The van der Waals surface area contributed by atoms with Gasteiger partial charge in [-0.2, -0.15) is 0 Å². The van der Waals surface area contributed by atoms with Crippen LogP contribution in [0.1, 0.15) is 22.0 Å². The van der Waals surface area contributed by atoms with Crippen LogP contribution in [0.3, 0.4) is 0 Å². The molecule has 10 heteroatoms. The Morgan fingerprint density at radius 3 is 2.43 bits per heavy atom. The maximum Gasteiger partial charge on any atom is 0.256 e. The van der Waals surface area contributed by atoms with Crippen molar-refractivity contribution >= 4 is 16.7 Å². The third kappa shape index (κ3) is 5.40. The zero-order valence-corrected chi connectivity index (χ0v) is 22.4. The summed E-state index contributed by atoms with van der Waals surface area (Å²) in [5.41, 5.74) is 1.97. The predicted octanol–water partition coefficient (Wildman–Crippen LogP) is 3.56. The second-order valence-electron chi connectivity index (χ2n) is 10.3. The average Bonchev–Trinajstić information content (AvgIpc) is 3.50. The van der Waals surface area contributed by atoms with Gasteiger partial charge in [0.25, 0.3) is 5.91 Å². The predicted molar refractivity (Wildman–Crippen MR) is 152 cm³/mol. The van der Waals surface area contributed by atoms with Gasteiger partial charge in [0.1, 0.15) is 35.9 Å². The van der Waals surface area contributed by atoms with Gasteiger partial charge < -0.3 is 25.0 Å². The lowest BCUT2D eigenvalue weighted by molar-refractivity contribution is -0.239. The summed E-state index contributed by atoms with van der Waals surface area (Å²) >= 11 is 0. The van der Waals surface area contributed by atoms with Crippen molar-refractivity contribution < 1.29 is 29.2 Å². The first-order chi connectivity index (χ1) is 20.4. The SMILES string of the molecule is O=C(c1ccc2ccccc2c1)N(Cc1ccccc1)[C@@H]1OC(CO)[C@H](O)C(n2cc(-c3cccc(F)c3)nn2)C1O. The highest BCUT2D eigenvalue weighted by Crippen LogP contribution is 2.34. The van der Waals surface area contributed by atoms with E-state index < -0.39 is 48.9 Å². The highest BCUT2D eigenvalue weighted by molar-refractivity contribution is 5.98. The van der Waals surface area contributed by atoms with Crippen LogP contribution < -0.4 is 0 Å². The Hall–Kier alpha value is -4.48. The zero-order valence-electron chi connectivity index (χ0n) is 22.4. The van der Waals surface area contributed by atoms with Crippen LogP contribution in [0, 0.1) is 5.82 Å². The lowest BCUT2D eigenvalue weighted by Gasteiger charge is -2.46. The van der Waals surface area contributed by atoms with E-state index in [1.807, 2.05) is 60.7 Å². The highest BCUT2D eigenvalue weighted by atomic mass is 19.1. The molecule has 5 atom stereocenters. The molecule has 1 saturated heterocycles. The van der Waals surface area contributed by atoms with E-state index in [0.717, 1.165) is 16.3 Å². The molecule has 1 aromatic heterocycles. The average molecular weight is 569 g/mol. The van der Waals surface area contributed by atoms with E-state index in [-0.39, 0.29) is 6.54 Å². The number of rotatable bonds is 7. The van der Waals surface area contributed by atoms with E-state index in [2.05, 4.69) is 10.3 Å². The number of amides is 1. The Labute approximate surface area is 241 Å². The summed E-state index contributed by atoms with van der Waals surface area (Å²) in [6.07, 6.45) is -3.80. The number of nitrogens with zero attached hydrogens (tertiary/aromatic N) is 4. The minimum absolute atomic E-state index is 0.0844. The molecule has 5 aromatic rings. The highest BCUT2D eigenvalue weighted by Gasteiger charge is 2.49. The van der Waals surface area contributed by atoms with Crippen LogP contribution in [0.2, 0.25) is 0 Å². The number of hydrogen-bond acceptors (Lipinski definition) is 7. The molecule has 0 saturated carbocycles. The number of hydrogen-bond donors (Lipinski definition) is 3. The van der Waals surface area contributed by atoms with Crippen LogP contribution in [-0.4, -0.2) is 72.3 Å². The summed E-state index contributed by atoms with van der Waals surface area (Å²) in [6, 6.07) is 27.0. The molecule has 42 heavy (non-hydrogen) atoms. The second kappa shape index (κ2) is 11.8. The number of benzene rings is 4. The quantitative estimate of drug-likeness (QED) is 0.275. The van der Waals surface area contributed by atoms with Gasteiger partial charge in [-0.1, -0.05) is 78.0 Å². The largest absolute Gasteiger partial charge is 0.394 e. The van der Waals surface area contributed by atoms with Gasteiger partial charge in [0, 0.05) is 17.7 Å². The lowest BCUT2D eigenvalue weighted by atomic mass is 9.94. The molecule has 3 N–H and O–H groups in total. The van der Waals surface area contributed by atoms with E-state index >= 15 is 0 Å². The fourth-order valence-electron chi connectivity index (χ4n) is 5.40. The van der Waals surface area contributed by atoms with Gasteiger partial charge in [0.15, 0.2) is 6.23 Å². The third-order valence-electron chi connectivity index (χ3n) is 7.56. The second-order valence-corrected chi connectivity index (χ2v) is 10.3. The molecule has 1 fully saturated rings. The van der Waals surface area contributed by atoms with Gasteiger partial charge in [0.2, 0.25) is 0 Å². The Morgan fingerprint density at radius 1 is 0.905 bits per heavy atom. The van der Waals surface area contributed by atoms with Crippen LogP contribution in [0.5, 0.6) is 0 Å². The molecular formula is C32H29FN4O5. The molecule has 0 aliphatic carbocycles. The number of aliphatic hydroxyl groups excluding tert-OH is 3. The lowest BCUT2D eigenvalue weighted by Crippen LogP contribution is -2.61. The van der Waals surface area contributed by atoms with Crippen molar-refractivity contribution in [3.05, 3.63) is 120 Å². The van der Waals surface area contributed by atoms with Gasteiger partial charge in [-0.15, -0.1) is 5.10 Å². The maximum absolute atomic E-state index is 14.1. The van der Waals surface area contributed by atoms with Crippen molar-refractivity contribution in [3.8, 4) is 11.3 Å². The van der Waals surface area contributed by atoms with E-state index in [1.54, 1.807) is 24.3 Å². The summed E-state index contributed by atoms with van der Waals surface area (Å²) in [4.78, 5) is 15.5. The Bertz CT molecular complexity index is 1700. The zero-order chi connectivity index (χ0) is 29.2. The van der Waals surface area contributed by atoms with Crippen molar-refractivity contribution in [2.45, 2.75) is 37.1 Å². The molecule has 3 unspecified atom stereocenters. The molecule has 2 heterocycles. The summed E-state index contributed by atoms with van der Waals surface area (Å²) in [5, 5.41) is 43.0. The summed E-state index contributed by atoms with van der Waals surface area (Å²) in [6.45, 7) is -0.489. The van der Waals surface area contributed by atoms with Gasteiger partial charge >= 0.3 is 0 Å². The van der Waals surface area contributed by atoms with E-state index in [0.29, 0.717) is 16.8 Å². The van der Waals surface area contributed by atoms with Crippen LogP contribution in [-0.2, 0) is 11.3 Å². The fraction of sp³-hybridized carbons (Fsp3) is 0.219. The molecule has 1 amide bonds. The molecule has 4 aromatic carbocycles. The maximum atomic E-state index is 14.1. The Kier molecular flexibility index (Phi) is 7.77. The molecule has 0 spiro atoms. The summed E-state index contributed by atoms with van der Waals surface area (Å²) < 4.78 is 21.1. The van der Waals surface area contributed by atoms with E-state index in [9.17, 15) is 24.5 Å². The molecule has 0 bridgehead atoms. The van der Waals surface area contributed by atoms with Gasteiger partial charge in [-0.05, 0) is 40.6 Å². The molecule has 6 rings (SSSR count). The van der Waals surface area contributed by atoms with Crippen LogP contribution in [0.15, 0.2) is 103 Å². The number of carbonyl (C=O) groups is 1. The molecule has 214 valence electrons. The van der Waals surface area contributed by atoms with Crippen molar-refractivity contribution in [3.63, 3.8) is 0 Å². The fourth-order valence-corrected chi connectivity index (χ4v) is 5.40. The smallest absolute Gasteiger partial charge is 0.256 e. The first-order valence-corrected chi connectivity index (χ1v) is 13.6. The van der Waals surface area contributed by atoms with Crippen LogP contribution in [0.25, 0.3) is 22.0 Å². The summed E-state index contributed by atoms with van der Waals surface area (Å²) in [7, 11) is 0. The minimum Gasteiger partial charge on any atom is -0.394 e. The van der Waals surface area contributed by atoms with Gasteiger partial charge in [-0.25, -0.2) is 9.07 Å². The van der Waals surface area contributed by atoms with Crippen LogP contribution in [0.4, 0.5) is 4.39 Å². The number of aliphatic hydroxyl groups is 3. The molecule has 9 nitrogen and oxygen atoms in total. The molecular weight excluding hydrogens is 539 g/mol. The Balaban J connectivity index is 1.38. The van der Waals surface area contributed by atoms with E-state index in [4.69, 9.17) is 4.74 Å². The van der Waals surface area contributed by atoms with Gasteiger partial charge in [-0.3, -0.25) is 4.79 Å². The van der Waals surface area contributed by atoms with E-state index in [1.165, 1.54) is 27.9 Å². The van der Waals surface area contributed by atoms with Crippen molar-refractivity contribution in [1.82, 2.24) is 19.9 Å². The monoisotopic (exact) mass is 568 g/mol. The minimum atomic E-state index is -1.47. The number of aromatic nitrogens is 3. The van der Waals surface area contributed by atoms with Crippen molar-refractivity contribution in [2.75, 3.05) is 6.61 Å². The first-order valence-electron chi connectivity index (χ1n) is 13.6. The number of halogens is 1. The summed E-state index contributed by atoms with van der Waals surface area (Å²) in [5.74, 6) is -0.850. The number of fused-ring (bicyclic) bond motifs is 1. The Morgan fingerprint density at radius 2 is 1.67 bits per heavy atom.